The van der Waals surface area contributed by atoms with Crippen molar-refractivity contribution in [2.75, 3.05) is 0 Å². The first-order chi connectivity index (χ1) is 8.75. The molecule has 18 heavy (non-hydrogen) atoms. The lowest BCUT2D eigenvalue weighted by Gasteiger charge is -2.21. The molecule has 0 N–H and O–H groups in total. The highest BCUT2D eigenvalue weighted by molar-refractivity contribution is 5.53. The van der Waals surface area contributed by atoms with E-state index >= 15 is 0 Å². The third kappa shape index (κ3) is 0.681. The van der Waals surface area contributed by atoms with E-state index in [0.717, 1.165) is 47.3 Å². The van der Waals surface area contributed by atoms with E-state index in [0.29, 0.717) is 0 Å². The van der Waals surface area contributed by atoms with Crippen molar-refractivity contribution in [1.29, 1.82) is 0 Å². The summed E-state index contributed by atoms with van der Waals surface area (Å²) in [6, 6.07) is 0. The summed E-state index contributed by atoms with van der Waals surface area (Å²) in [5, 5.41) is 0. The molecule has 8 aliphatic carbocycles. The number of hydrogen-bond acceptors (Lipinski definition) is 0. The molecule has 0 aromatic carbocycles. The van der Waals surface area contributed by atoms with Crippen LogP contribution in [0.1, 0.15) is 25.7 Å². The Kier molecular flexibility index (Phi) is 1.25. The highest BCUT2D eigenvalue weighted by Crippen LogP contribution is 2.75. The minimum absolute atomic E-state index is 0.836. The third-order valence-electron chi connectivity index (χ3n) is 7.69. The van der Waals surface area contributed by atoms with Crippen LogP contribution in [0.2, 0.25) is 0 Å². The summed E-state index contributed by atoms with van der Waals surface area (Å²) in [6.07, 6.45) is 5.98. The lowest BCUT2D eigenvalue weighted by Crippen LogP contribution is -2.12. The molecule has 0 radical (unpaired) electrons. The average molecular weight is 236 g/mol. The first kappa shape index (κ1) is 9.18. The van der Waals surface area contributed by atoms with E-state index in [-0.39, 0.29) is 0 Å². The van der Waals surface area contributed by atoms with Gasteiger partial charge in [-0.25, -0.2) is 0 Å². The molecule has 0 spiro atoms. The van der Waals surface area contributed by atoms with Crippen LogP contribution >= 0.6 is 0 Å². The van der Waals surface area contributed by atoms with E-state index in [2.05, 4.69) is 13.2 Å². The van der Waals surface area contributed by atoms with Gasteiger partial charge in [0.1, 0.15) is 0 Å². The van der Waals surface area contributed by atoms with Gasteiger partial charge in [-0.05, 0) is 61.2 Å². The SMILES string of the molecule is C=C1[C@@H]2/C(=C3/[C@@H]4C[C@H]5C[C@@H]4C(=C)[C@@H]35)[C@H]3C[C@@H]2C[C@@H]13. The predicted molar refractivity (Wildman–Crippen MR) is 71.7 cm³/mol. The van der Waals surface area contributed by atoms with Crippen molar-refractivity contribution in [1.82, 2.24) is 0 Å². The molecule has 8 aliphatic rings. The molecule has 0 aliphatic heterocycles. The van der Waals surface area contributed by atoms with Crippen molar-refractivity contribution >= 4 is 0 Å². The lowest BCUT2D eigenvalue weighted by atomic mass is 9.83. The molecular formula is C18H20. The molecule has 8 atom stereocenters. The molecule has 0 saturated heterocycles. The van der Waals surface area contributed by atoms with Crippen molar-refractivity contribution in [2.24, 2.45) is 47.3 Å². The normalized spacial score (nSPS) is 65.6. The third-order valence-corrected chi connectivity index (χ3v) is 7.69. The van der Waals surface area contributed by atoms with Crippen LogP contribution in [0.5, 0.6) is 0 Å². The fourth-order valence-corrected chi connectivity index (χ4v) is 7.43. The molecule has 8 saturated carbocycles. The Morgan fingerprint density at radius 3 is 1.28 bits per heavy atom. The Hall–Kier alpha value is -0.780. The quantitative estimate of drug-likeness (QED) is 0.558. The topological polar surface area (TPSA) is 0 Å². The number of rotatable bonds is 0. The highest BCUT2D eigenvalue weighted by Gasteiger charge is 2.65. The second-order valence-electron chi connectivity index (χ2n) is 7.90. The summed E-state index contributed by atoms with van der Waals surface area (Å²) in [7, 11) is 0. The van der Waals surface area contributed by atoms with Crippen LogP contribution in [-0.2, 0) is 0 Å². The minimum atomic E-state index is 0.836. The standard InChI is InChI=1S/C18H20/c1-7-11-3-9-5-13(11)17(15(7)9)18-14-6-10-4-12(14)8(2)16(10)18/h9-16H,1-6H2/b18-17-/t9-,10+,11-,12+,13-,14+,15-,16+. The molecule has 8 bridgehead atoms. The summed E-state index contributed by atoms with van der Waals surface area (Å²) in [6.45, 7) is 8.89. The molecule has 0 aromatic heterocycles. The zero-order valence-corrected chi connectivity index (χ0v) is 10.9. The first-order valence-corrected chi connectivity index (χ1v) is 7.87. The number of hydrogen-bond donors (Lipinski definition) is 0. The number of allylic oxidation sites excluding steroid dienone is 4. The van der Waals surface area contributed by atoms with Crippen LogP contribution in [0.15, 0.2) is 35.5 Å². The van der Waals surface area contributed by atoms with E-state index in [1.165, 1.54) is 25.7 Å². The monoisotopic (exact) mass is 236 g/mol. The van der Waals surface area contributed by atoms with Crippen LogP contribution in [0.3, 0.4) is 0 Å². The Balaban J connectivity index is 1.60. The van der Waals surface area contributed by atoms with Crippen molar-refractivity contribution in [3.05, 3.63) is 35.5 Å². The maximum absolute atomic E-state index is 4.44. The average Bonchev–Trinajstić information content (AvgIpc) is 3.13. The van der Waals surface area contributed by atoms with Gasteiger partial charge in [-0.2, -0.15) is 0 Å². The van der Waals surface area contributed by atoms with Crippen LogP contribution in [-0.4, -0.2) is 0 Å². The second kappa shape index (κ2) is 2.44. The molecule has 92 valence electrons. The van der Waals surface area contributed by atoms with Gasteiger partial charge in [-0.3, -0.25) is 0 Å². The van der Waals surface area contributed by atoms with E-state index < -0.39 is 0 Å². The van der Waals surface area contributed by atoms with E-state index in [9.17, 15) is 0 Å². The van der Waals surface area contributed by atoms with Gasteiger partial charge < -0.3 is 0 Å². The largest absolute Gasteiger partial charge is 0.0989 e. The van der Waals surface area contributed by atoms with Crippen molar-refractivity contribution in [3.8, 4) is 0 Å². The summed E-state index contributed by atoms with van der Waals surface area (Å²) >= 11 is 0. The molecule has 0 unspecified atom stereocenters. The van der Waals surface area contributed by atoms with Gasteiger partial charge in [-0.1, -0.05) is 35.5 Å². The molecule has 0 amide bonds. The van der Waals surface area contributed by atoms with Crippen LogP contribution < -0.4 is 0 Å². The van der Waals surface area contributed by atoms with Gasteiger partial charge >= 0.3 is 0 Å². The molecule has 0 aromatic rings. The second-order valence-corrected chi connectivity index (χ2v) is 7.90. The summed E-state index contributed by atoms with van der Waals surface area (Å²) in [5.41, 5.74) is 7.12. The fraction of sp³-hybridized carbons (Fsp3) is 0.667. The Morgan fingerprint density at radius 2 is 1.00 bits per heavy atom. The van der Waals surface area contributed by atoms with Gasteiger partial charge in [-0.15, -0.1) is 0 Å². The van der Waals surface area contributed by atoms with E-state index in [4.69, 9.17) is 0 Å². The predicted octanol–water partition coefficient (Wildman–Crippen LogP) is 3.97. The van der Waals surface area contributed by atoms with Crippen LogP contribution in [0, 0.1) is 47.3 Å². The minimum Gasteiger partial charge on any atom is -0.0989 e. The molecule has 0 nitrogen and oxygen atoms in total. The van der Waals surface area contributed by atoms with Gasteiger partial charge in [0.25, 0.3) is 0 Å². The fourth-order valence-electron chi connectivity index (χ4n) is 7.43. The van der Waals surface area contributed by atoms with E-state index in [1.54, 1.807) is 11.1 Å². The van der Waals surface area contributed by atoms with E-state index in [1.807, 2.05) is 11.1 Å². The highest BCUT2D eigenvalue weighted by atomic mass is 14.7. The summed E-state index contributed by atoms with van der Waals surface area (Å²) < 4.78 is 0. The Labute approximate surface area is 109 Å². The smallest absolute Gasteiger partial charge is 0.00420 e. The van der Waals surface area contributed by atoms with Crippen molar-refractivity contribution in [3.63, 3.8) is 0 Å². The molecule has 8 fully saturated rings. The maximum atomic E-state index is 4.44. The van der Waals surface area contributed by atoms with Crippen molar-refractivity contribution < 1.29 is 0 Å². The van der Waals surface area contributed by atoms with Gasteiger partial charge in [0.15, 0.2) is 0 Å². The molecular weight excluding hydrogens is 216 g/mol. The zero-order valence-electron chi connectivity index (χ0n) is 10.9. The van der Waals surface area contributed by atoms with Gasteiger partial charge in [0.2, 0.25) is 0 Å². The summed E-state index contributed by atoms with van der Waals surface area (Å²) in [4.78, 5) is 0. The maximum Gasteiger partial charge on any atom is 0.00420 e. The van der Waals surface area contributed by atoms with Gasteiger partial charge in [0.05, 0.1) is 0 Å². The first-order valence-electron chi connectivity index (χ1n) is 7.87. The molecule has 0 heteroatoms. The van der Waals surface area contributed by atoms with Crippen LogP contribution in [0.4, 0.5) is 0 Å². The summed E-state index contributed by atoms with van der Waals surface area (Å²) in [5.74, 6) is 7.34. The van der Waals surface area contributed by atoms with Crippen molar-refractivity contribution in [2.45, 2.75) is 25.7 Å². The van der Waals surface area contributed by atoms with Gasteiger partial charge in [0, 0.05) is 11.8 Å². The zero-order chi connectivity index (χ0) is 11.8. The van der Waals surface area contributed by atoms with Crippen LogP contribution in [0.25, 0.3) is 0 Å². The molecule has 0 heterocycles. The Bertz CT molecular complexity index is 513. The Morgan fingerprint density at radius 1 is 0.611 bits per heavy atom. The molecule has 8 rings (SSSR count). The lowest BCUT2D eigenvalue weighted by molar-refractivity contribution is 0.498.